The molecule has 0 radical (unpaired) electrons. The molecule has 32 heavy (non-hydrogen) atoms. The van der Waals surface area contributed by atoms with Crippen LogP contribution in [0.15, 0.2) is 83.8 Å². The smallest absolute Gasteiger partial charge is 0.264 e. The number of nitrogens with zero attached hydrogens (tertiary/aromatic N) is 2. The number of fused-ring (bicyclic) bond motifs is 1. The predicted octanol–water partition coefficient (Wildman–Crippen LogP) is 5.77. The molecule has 1 aliphatic rings. The summed E-state index contributed by atoms with van der Waals surface area (Å²) >= 11 is 0. The van der Waals surface area contributed by atoms with Crippen molar-refractivity contribution in [1.82, 2.24) is 4.90 Å². The third-order valence-electron chi connectivity index (χ3n) is 6.10. The van der Waals surface area contributed by atoms with Crippen LogP contribution in [0, 0.1) is 6.92 Å². The van der Waals surface area contributed by atoms with E-state index in [1.165, 1.54) is 5.56 Å². The highest BCUT2D eigenvalue weighted by molar-refractivity contribution is 7.92. The first kappa shape index (κ1) is 22.6. The van der Waals surface area contributed by atoms with Gasteiger partial charge in [-0.25, -0.2) is 8.42 Å². The quantitative estimate of drug-likeness (QED) is 0.509. The summed E-state index contributed by atoms with van der Waals surface area (Å²) in [5.41, 5.74) is 4.19. The highest BCUT2D eigenvalue weighted by atomic mass is 32.2. The van der Waals surface area contributed by atoms with Gasteiger partial charge in [-0.3, -0.25) is 9.21 Å². The molecule has 0 aromatic heterocycles. The van der Waals surface area contributed by atoms with Gasteiger partial charge in [0, 0.05) is 19.6 Å². The summed E-state index contributed by atoms with van der Waals surface area (Å²) in [6, 6.07) is 25.7. The van der Waals surface area contributed by atoms with E-state index in [1.807, 2.05) is 43.3 Å². The maximum atomic E-state index is 13.7. The second kappa shape index (κ2) is 10.3. The maximum absolute atomic E-state index is 13.7. The van der Waals surface area contributed by atoms with E-state index in [-0.39, 0.29) is 0 Å². The van der Waals surface area contributed by atoms with Crippen LogP contribution < -0.4 is 4.31 Å². The van der Waals surface area contributed by atoms with E-state index in [1.54, 1.807) is 16.4 Å². The second-order valence-corrected chi connectivity index (χ2v) is 10.5. The molecule has 0 fully saturated rings. The Kier molecular flexibility index (Phi) is 7.28. The van der Waals surface area contributed by atoms with Gasteiger partial charge in [0.1, 0.15) is 0 Å². The van der Waals surface area contributed by atoms with E-state index in [2.05, 4.69) is 35.2 Å². The summed E-state index contributed by atoms with van der Waals surface area (Å²) in [6.45, 7) is 5.07. The van der Waals surface area contributed by atoms with Gasteiger partial charge in [-0.1, -0.05) is 79.1 Å². The minimum atomic E-state index is -3.63. The monoisotopic (exact) mass is 448 g/mol. The third-order valence-corrected chi connectivity index (χ3v) is 7.93. The van der Waals surface area contributed by atoms with Gasteiger partial charge in [-0.2, -0.15) is 0 Å². The Bertz CT molecular complexity index is 1110. The Morgan fingerprint density at radius 1 is 0.750 bits per heavy atom. The van der Waals surface area contributed by atoms with Crippen molar-refractivity contribution in [1.29, 1.82) is 0 Å². The normalized spacial score (nSPS) is 16.2. The minimum absolute atomic E-state index is 0.355. The summed E-state index contributed by atoms with van der Waals surface area (Å²) in [6.07, 6.45) is 4.12. The number of para-hydroxylation sites is 1. The topological polar surface area (TPSA) is 40.6 Å². The maximum Gasteiger partial charge on any atom is 0.264 e. The Balaban J connectivity index is 1.70. The molecule has 0 amide bonds. The van der Waals surface area contributed by atoms with E-state index < -0.39 is 10.0 Å². The first-order valence-electron chi connectivity index (χ1n) is 11.5. The van der Waals surface area contributed by atoms with Gasteiger partial charge in [0.2, 0.25) is 0 Å². The van der Waals surface area contributed by atoms with Gasteiger partial charge in [0.05, 0.1) is 10.6 Å². The zero-order valence-corrected chi connectivity index (χ0v) is 19.6. The molecule has 0 aliphatic carbocycles. The Labute approximate surface area is 192 Å². The number of benzene rings is 3. The second-order valence-electron chi connectivity index (χ2n) is 8.63. The standard InChI is InChI=1S/C27H32N2O2S/c1-23-15-17-26(18-16-23)32(30,31)29-20-10-3-2-9-19-28(21-24-11-5-4-6-12-24)22-25-13-7-8-14-27(25)29/h4-8,11-18H,2-3,9-10,19-22H2,1H3. The fraction of sp³-hybridized carbons (Fsp3) is 0.333. The van der Waals surface area contributed by atoms with Crippen molar-refractivity contribution in [3.8, 4) is 0 Å². The first-order chi connectivity index (χ1) is 15.5. The van der Waals surface area contributed by atoms with Crippen molar-refractivity contribution in [2.24, 2.45) is 0 Å². The largest absolute Gasteiger partial charge is 0.295 e. The SMILES string of the molecule is Cc1ccc(S(=O)(=O)N2CCCCCCN(Cc3ccccc3)Cc3ccccc32)cc1. The molecule has 0 spiro atoms. The fourth-order valence-corrected chi connectivity index (χ4v) is 5.88. The van der Waals surface area contributed by atoms with Crippen LogP contribution in [0.25, 0.3) is 0 Å². The Hall–Kier alpha value is -2.63. The van der Waals surface area contributed by atoms with Gasteiger partial charge in [0.25, 0.3) is 10.0 Å². The van der Waals surface area contributed by atoms with E-state index in [0.717, 1.165) is 62.1 Å². The van der Waals surface area contributed by atoms with Gasteiger partial charge < -0.3 is 0 Å². The van der Waals surface area contributed by atoms with Crippen molar-refractivity contribution in [2.45, 2.75) is 50.6 Å². The molecule has 0 N–H and O–H groups in total. The summed E-state index contributed by atoms with van der Waals surface area (Å²) < 4.78 is 29.0. The summed E-state index contributed by atoms with van der Waals surface area (Å²) in [5.74, 6) is 0. The van der Waals surface area contributed by atoms with E-state index in [9.17, 15) is 8.42 Å². The minimum Gasteiger partial charge on any atom is -0.295 e. The van der Waals surface area contributed by atoms with Gasteiger partial charge >= 0.3 is 0 Å². The molecule has 3 aromatic rings. The molecule has 5 heteroatoms. The number of sulfonamides is 1. The van der Waals surface area contributed by atoms with Crippen LogP contribution in [0.5, 0.6) is 0 Å². The molecule has 0 bridgehead atoms. The first-order valence-corrected chi connectivity index (χ1v) is 12.9. The average molecular weight is 449 g/mol. The Morgan fingerprint density at radius 2 is 1.41 bits per heavy atom. The van der Waals surface area contributed by atoms with Crippen LogP contribution in [-0.2, 0) is 23.1 Å². The zero-order chi connectivity index (χ0) is 22.4. The third kappa shape index (κ3) is 5.40. The molecular formula is C27H32N2O2S. The molecule has 4 nitrogen and oxygen atoms in total. The summed E-state index contributed by atoms with van der Waals surface area (Å²) in [7, 11) is -3.63. The summed E-state index contributed by atoms with van der Waals surface area (Å²) in [5, 5.41) is 0. The lowest BCUT2D eigenvalue weighted by atomic mass is 10.1. The van der Waals surface area contributed by atoms with Gasteiger partial charge in [-0.05, 0) is 55.6 Å². The molecule has 4 rings (SSSR count). The lowest BCUT2D eigenvalue weighted by Crippen LogP contribution is -2.33. The van der Waals surface area contributed by atoms with Crippen molar-refractivity contribution >= 4 is 15.7 Å². The highest BCUT2D eigenvalue weighted by Gasteiger charge is 2.27. The van der Waals surface area contributed by atoms with Crippen LogP contribution in [0.2, 0.25) is 0 Å². The molecule has 1 heterocycles. The summed E-state index contributed by atoms with van der Waals surface area (Å²) in [4.78, 5) is 2.80. The molecule has 168 valence electrons. The number of anilines is 1. The van der Waals surface area contributed by atoms with Crippen molar-refractivity contribution < 1.29 is 8.42 Å². The van der Waals surface area contributed by atoms with Crippen LogP contribution in [0.3, 0.4) is 0 Å². The van der Waals surface area contributed by atoms with Crippen molar-refractivity contribution in [2.75, 3.05) is 17.4 Å². The number of aryl methyl sites for hydroxylation is 1. The Morgan fingerprint density at radius 3 is 2.16 bits per heavy atom. The lowest BCUT2D eigenvalue weighted by Gasteiger charge is -2.28. The van der Waals surface area contributed by atoms with Crippen LogP contribution in [-0.4, -0.2) is 26.4 Å². The van der Waals surface area contributed by atoms with E-state index in [4.69, 9.17) is 0 Å². The van der Waals surface area contributed by atoms with Gasteiger partial charge in [0.15, 0.2) is 0 Å². The van der Waals surface area contributed by atoms with Crippen LogP contribution >= 0.6 is 0 Å². The molecule has 0 saturated heterocycles. The van der Waals surface area contributed by atoms with Crippen molar-refractivity contribution in [3.63, 3.8) is 0 Å². The highest BCUT2D eigenvalue weighted by Crippen LogP contribution is 2.30. The predicted molar refractivity (Wildman–Crippen MR) is 131 cm³/mol. The average Bonchev–Trinajstić information content (AvgIpc) is 2.83. The van der Waals surface area contributed by atoms with Crippen molar-refractivity contribution in [3.05, 3.63) is 95.6 Å². The number of hydrogen-bond acceptors (Lipinski definition) is 3. The molecule has 1 aliphatic heterocycles. The lowest BCUT2D eigenvalue weighted by molar-refractivity contribution is 0.251. The fourth-order valence-electron chi connectivity index (χ4n) is 4.34. The van der Waals surface area contributed by atoms with Gasteiger partial charge in [-0.15, -0.1) is 0 Å². The van der Waals surface area contributed by atoms with E-state index >= 15 is 0 Å². The number of rotatable bonds is 4. The van der Waals surface area contributed by atoms with E-state index in [0.29, 0.717) is 11.4 Å². The molecule has 0 saturated carbocycles. The molecule has 0 unspecified atom stereocenters. The zero-order valence-electron chi connectivity index (χ0n) is 18.8. The molecule has 3 aromatic carbocycles. The van der Waals surface area contributed by atoms with Crippen LogP contribution in [0.1, 0.15) is 42.4 Å². The molecule has 0 atom stereocenters. The molecular weight excluding hydrogens is 416 g/mol. The number of hydrogen-bond donors (Lipinski definition) is 0. The van der Waals surface area contributed by atoms with Crippen LogP contribution in [0.4, 0.5) is 5.69 Å².